The number of rotatable bonds is 3. The van der Waals surface area contributed by atoms with Gasteiger partial charge in [0.1, 0.15) is 0 Å². The second-order valence-corrected chi connectivity index (χ2v) is 9.19. The van der Waals surface area contributed by atoms with Crippen molar-refractivity contribution in [3.63, 3.8) is 0 Å². The maximum Gasteiger partial charge on any atom is 0.243 e. The molecule has 1 atom stereocenters. The van der Waals surface area contributed by atoms with Crippen LogP contribution in [0.3, 0.4) is 0 Å². The molecule has 1 fully saturated rings. The largest absolute Gasteiger partial charge is 0.358 e. The zero-order valence-electron chi connectivity index (χ0n) is 15.2. The number of nitrogens with one attached hydrogen (secondary N) is 1. The van der Waals surface area contributed by atoms with E-state index in [4.69, 9.17) is 0 Å². The van der Waals surface area contributed by atoms with Crippen LogP contribution in [0.1, 0.15) is 35.6 Å². The average molecular weight is 369 g/mol. The van der Waals surface area contributed by atoms with Gasteiger partial charge in [-0.15, -0.1) is 0 Å². The quantitative estimate of drug-likeness (QED) is 0.747. The van der Waals surface area contributed by atoms with E-state index in [0.29, 0.717) is 18.0 Å². The Hall–Kier alpha value is -2.11. The van der Waals surface area contributed by atoms with Crippen LogP contribution in [0.4, 0.5) is 0 Å². The molecule has 4 nitrogen and oxygen atoms in total. The lowest BCUT2D eigenvalue weighted by molar-refractivity contribution is 0.313. The van der Waals surface area contributed by atoms with Crippen molar-refractivity contribution < 1.29 is 8.42 Å². The van der Waals surface area contributed by atoms with Crippen LogP contribution in [0.15, 0.2) is 53.4 Å². The summed E-state index contributed by atoms with van der Waals surface area (Å²) in [5.74, 6) is 0.204. The number of benzene rings is 2. The Labute approximate surface area is 154 Å². The van der Waals surface area contributed by atoms with E-state index in [0.717, 1.165) is 29.6 Å². The average Bonchev–Trinajstić information content (AvgIpc) is 3.05. The molecule has 0 radical (unpaired) electrons. The number of piperidine rings is 1. The summed E-state index contributed by atoms with van der Waals surface area (Å²) < 4.78 is 27.9. The van der Waals surface area contributed by atoms with E-state index in [1.807, 2.05) is 19.1 Å². The van der Waals surface area contributed by atoms with Gasteiger partial charge in [0.2, 0.25) is 10.0 Å². The molecule has 1 aliphatic heterocycles. The third kappa shape index (κ3) is 3.06. The van der Waals surface area contributed by atoms with Gasteiger partial charge < -0.3 is 4.98 Å². The zero-order valence-corrected chi connectivity index (χ0v) is 16.0. The number of aryl methyl sites for hydroxylation is 2. The molecule has 2 heterocycles. The fourth-order valence-corrected chi connectivity index (χ4v) is 5.64. The normalized spacial score (nSPS) is 19.1. The number of sulfonamides is 1. The van der Waals surface area contributed by atoms with Gasteiger partial charge in [0.15, 0.2) is 0 Å². The predicted molar refractivity (Wildman–Crippen MR) is 105 cm³/mol. The molecule has 0 spiro atoms. The summed E-state index contributed by atoms with van der Waals surface area (Å²) in [6.45, 7) is 5.06. The minimum Gasteiger partial charge on any atom is -0.358 e. The third-order valence-electron chi connectivity index (χ3n) is 5.33. The maximum atomic E-state index is 13.1. The Morgan fingerprint density at radius 3 is 2.69 bits per heavy atom. The molecule has 5 heteroatoms. The highest BCUT2D eigenvalue weighted by Gasteiger charge is 2.32. The van der Waals surface area contributed by atoms with Crippen molar-refractivity contribution in [1.29, 1.82) is 0 Å². The van der Waals surface area contributed by atoms with Gasteiger partial charge in [0.05, 0.1) is 4.90 Å². The Bertz CT molecular complexity index is 1050. The van der Waals surface area contributed by atoms with Crippen LogP contribution in [0.5, 0.6) is 0 Å². The molecular weight excluding hydrogens is 344 g/mol. The highest BCUT2D eigenvalue weighted by atomic mass is 32.2. The van der Waals surface area contributed by atoms with Crippen molar-refractivity contribution in [2.75, 3.05) is 13.1 Å². The molecule has 0 amide bonds. The van der Waals surface area contributed by atoms with Crippen molar-refractivity contribution in [3.8, 4) is 0 Å². The topological polar surface area (TPSA) is 53.2 Å². The molecule has 0 saturated carbocycles. The molecular formula is C21H24N2O2S. The minimum absolute atomic E-state index is 0.204. The number of nitrogens with zero attached hydrogens (tertiary/aromatic N) is 1. The van der Waals surface area contributed by atoms with E-state index in [1.54, 1.807) is 16.4 Å². The number of aromatic nitrogens is 1. The first-order valence-electron chi connectivity index (χ1n) is 9.10. The van der Waals surface area contributed by atoms with Crippen LogP contribution in [0, 0.1) is 13.8 Å². The molecule has 0 bridgehead atoms. The first-order valence-corrected chi connectivity index (χ1v) is 10.5. The standard InChI is InChI=1S/C21H24N2O2S/c1-15-9-10-19-18(12-15)13-20(22-19)17-7-5-11-23(14-17)26(24,25)21-8-4-3-6-16(21)2/h3-4,6,8-10,12-13,17,22H,5,7,11,14H2,1-2H3. The minimum atomic E-state index is -3.45. The SMILES string of the molecule is Cc1ccc2[nH]c(C3CCCN(S(=O)(=O)c4ccccc4C)C3)cc2c1. The molecule has 2 aromatic carbocycles. The second kappa shape index (κ2) is 6.56. The van der Waals surface area contributed by atoms with Crippen molar-refractivity contribution >= 4 is 20.9 Å². The summed E-state index contributed by atoms with van der Waals surface area (Å²) in [4.78, 5) is 3.92. The summed E-state index contributed by atoms with van der Waals surface area (Å²) in [5, 5.41) is 1.19. The van der Waals surface area contributed by atoms with Gasteiger partial charge in [-0.25, -0.2) is 8.42 Å². The smallest absolute Gasteiger partial charge is 0.243 e. The molecule has 26 heavy (non-hydrogen) atoms. The van der Waals surface area contributed by atoms with Crippen LogP contribution in [0.25, 0.3) is 10.9 Å². The summed E-state index contributed by atoms with van der Waals surface area (Å²) in [6, 6.07) is 15.8. The summed E-state index contributed by atoms with van der Waals surface area (Å²) in [7, 11) is -3.45. The Morgan fingerprint density at radius 1 is 1.08 bits per heavy atom. The maximum absolute atomic E-state index is 13.1. The number of hydrogen-bond donors (Lipinski definition) is 1. The summed E-state index contributed by atoms with van der Waals surface area (Å²) in [5.41, 5.74) is 4.28. The fourth-order valence-electron chi connectivity index (χ4n) is 3.89. The Morgan fingerprint density at radius 2 is 1.88 bits per heavy atom. The number of fused-ring (bicyclic) bond motifs is 1. The van der Waals surface area contributed by atoms with E-state index in [9.17, 15) is 8.42 Å². The first-order chi connectivity index (χ1) is 12.4. The molecule has 1 N–H and O–H groups in total. The summed E-state index contributed by atoms with van der Waals surface area (Å²) in [6.07, 6.45) is 1.88. The lowest BCUT2D eigenvalue weighted by Crippen LogP contribution is -2.39. The highest BCUT2D eigenvalue weighted by molar-refractivity contribution is 7.89. The first kappa shape index (κ1) is 17.3. The highest BCUT2D eigenvalue weighted by Crippen LogP contribution is 2.32. The molecule has 1 saturated heterocycles. The second-order valence-electron chi connectivity index (χ2n) is 7.28. The van der Waals surface area contributed by atoms with Gasteiger partial charge in [0, 0.05) is 30.2 Å². The molecule has 3 aromatic rings. The van der Waals surface area contributed by atoms with Crippen molar-refractivity contribution in [2.24, 2.45) is 0 Å². The van der Waals surface area contributed by atoms with E-state index in [2.05, 4.69) is 36.2 Å². The number of hydrogen-bond acceptors (Lipinski definition) is 2. The van der Waals surface area contributed by atoms with Crippen molar-refractivity contribution in [3.05, 3.63) is 65.4 Å². The Balaban J connectivity index is 1.63. The van der Waals surface area contributed by atoms with Crippen LogP contribution < -0.4 is 0 Å². The number of H-pyrrole nitrogens is 1. The monoisotopic (exact) mass is 368 g/mol. The van der Waals surface area contributed by atoms with Gasteiger partial charge >= 0.3 is 0 Å². The molecule has 1 unspecified atom stereocenters. The van der Waals surface area contributed by atoms with Gasteiger partial charge in [-0.05, 0) is 61.9 Å². The van der Waals surface area contributed by atoms with Crippen molar-refractivity contribution in [2.45, 2.75) is 37.5 Å². The molecule has 1 aliphatic rings. The van der Waals surface area contributed by atoms with E-state index in [1.165, 1.54) is 10.9 Å². The molecule has 0 aliphatic carbocycles. The van der Waals surface area contributed by atoms with Crippen LogP contribution >= 0.6 is 0 Å². The van der Waals surface area contributed by atoms with E-state index >= 15 is 0 Å². The lowest BCUT2D eigenvalue weighted by Gasteiger charge is -2.32. The van der Waals surface area contributed by atoms with Gasteiger partial charge in [0.25, 0.3) is 0 Å². The third-order valence-corrected chi connectivity index (χ3v) is 7.36. The van der Waals surface area contributed by atoms with Crippen LogP contribution in [-0.4, -0.2) is 30.8 Å². The molecule has 136 valence electrons. The fraction of sp³-hybridized carbons (Fsp3) is 0.333. The Kier molecular flexibility index (Phi) is 4.37. The van der Waals surface area contributed by atoms with Gasteiger partial charge in [-0.3, -0.25) is 0 Å². The molecule has 1 aromatic heterocycles. The number of aromatic amines is 1. The van der Waals surface area contributed by atoms with E-state index < -0.39 is 10.0 Å². The van der Waals surface area contributed by atoms with Gasteiger partial charge in [-0.2, -0.15) is 4.31 Å². The zero-order chi connectivity index (χ0) is 18.3. The van der Waals surface area contributed by atoms with E-state index in [-0.39, 0.29) is 5.92 Å². The lowest BCUT2D eigenvalue weighted by atomic mass is 9.96. The van der Waals surface area contributed by atoms with Gasteiger partial charge in [-0.1, -0.05) is 29.8 Å². The molecule has 4 rings (SSSR count). The summed E-state index contributed by atoms with van der Waals surface area (Å²) >= 11 is 0. The van der Waals surface area contributed by atoms with Crippen LogP contribution in [0.2, 0.25) is 0 Å². The van der Waals surface area contributed by atoms with Crippen molar-refractivity contribution in [1.82, 2.24) is 9.29 Å². The predicted octanol–water partition coefficient (Wildman–Crippen LogP) is 4.35. The van der Waals surface area contributed by atoms with Crippen LogP contribution in [-0.2, 0) is 10.0 Å².